The summed E-state index contributed by atoms with van der Waals surface area (Å²) >= 11 is 0. The number of nitrogens with zero attached hydrogens (tertiary/aromatic N) is 3. The highest BCUT2D eigenvalue weighted by atomic mass is 15.6. The highest BCUT2D eigenvalue weighted by Gasteiger charge is 2.18. The lowest BCUT2D eigenvalue weighted by atomic mass is 9.97. The molecule has 86 valence electrons. The lowest BCUT2D eigenvalue weighted by molar-refractivity contribution is 0.198. The Balaban J connectivity index is 4.74. The molecule has 0 atom stereocenters. The zero-order chi connectivity index (χ0) is 12.1. The van der Waals surface area contributed by atoms with E-state index >= 15 is 0 Å². The number of hydrogen-bond acceptors (Lipinski definition) is 2. The van der Waals surface area contributed by atoms with Crippen molar-refractivity contribution in [3.8, 4) is 0 Å². The molecule has 0 rings (SSSR count). The topological polar surface area (TPSA) is 28.0 Å². The maximum Gasteiger partial charge on any atom is 0.0560 e. The van der Waals surface area contributed by atoms with Gasteiger partial charge in [-0.05, 0) is 26.2 Å². The molecular formula is C12H23N3. The smallest absolute Gasteiger partial charge is 0.0560 e. The molecule has 0 bridgehead atoms. The van der Waals surface area contributed by atoms with Crippen molar-refractivity contribution in [3.05, 3.63) is 25.1 Å². The lowest BCUT2D eigenvalue weighted by Crippen LogP contribution is -2.32. The fourth-order valence-electron chi connectivity index (χ4n) is 0.774. The second-order valence-corrected chi connectivity index (χ2v) is 5.58. The summed E-state index contributed by atoms with van der Waals surface area (Å²) in [6, 6.07) is 0. The molecule has 0 saturated heterocycles. The molecule has 0 fully saturated rings. The molecule has 0 aromatic rings. The van der Waals surface area contributed by atoms with Crippen LogP contribution in [0.3, 0.4) is 0 Å². The maximum absolute atomic E-state index is 4.07. The fourth-order valence-corrected chi connectivity index (χ4v) is 0.774. The Kier molecular flexibility index (Phi) is 4.72. The minimum atomic E-state index is -0.0751. The summed E-state index contributed by atoms with van der Waals surface area (Å²) in [6.07, 6.45) is 5.51. The molecule has 0 saturated carbocycles. The summed E-state index contributed by atoms with van der Waals surface area (Å²) in [5, 5.41) is 9.71. The summed E-state index contributed by atoms with van der Waals surface area (Å²) < 4.78 is 0. The summed E-state index contributed by atoms with van der Waals surface area (Å²) in [5.74, 6) is 0. The largest absolute Gasteiger partial charge is 0.249 e. The van der Waals surface area contributed by atoms with E-state index in [1.165, 1.54) is 6.20 Å². The third-order valence-corrected chi connectivity index (χ3v) is 1.63. The van der Waals surface area contributed by atoms with Crippen LogP contribution in [0.5, 0.6) is 0 Å². The Morgan fingerprint density at radius 1 is 1.07 bits per heavy atom. The first-order valence-electron chi connectivity index (χ1n) is 5.17. The molecule has 0 aliphatic rings. The van der Waals surface area contributed by atoms with Gasteiger partial charge in [-0.1, -0.05) is 38.6 Å². The first-order chi connectivity index (χ1) is 6.67. The van der Waals surface area contributed by atoms with Gasteiger partial charge in [-0.15, -0.1) is 5.11 Å². The van der Waals surface area contributed by atoms with Crippen molar-refractivity contribution in [2.45, 2.75) is 47.1 Å². The average molecular weight is 209 g/mol. The molecule has 0 N–H and O–H groups in total. The number of hydrogen-bond donors (Lipinski definition) is 0. The molecule has 0 heterocycles. The molecule has 3 heteroatoms. The SMILES string of the molecule is C=CN=NN(/C=C/C(C)(C)C)C(C)(C)C. The Morgan fingerprint density at radius 2 is 1.60 bits per heavy atom. The number of allylic oxidation sites excluding steroid dienone is 1. The normalized spacial score (nSPS) is 13.7. The van der Waals surface area contributed by atoms with Gasteiger partial charge in [-0.3, -0.25) is 0 Å². The summed E-state index contributed by atoms with van der Waals surface area (Å²) in [5.41, 5.74) is 0.0709. The van der Waals surface area contributed by atoms with Gasteiger partial charge in [0.1, 0.15) is 0 Å². The van der Waals surface area contributed by atoms with Gasteiger partial charge in [0.25, 0.3) is 0 Å². The number of rotatable bonds is 3. The zero-order valence-corrected chi connectivity index (χ0v) is 10.8. The van der Waals surface area contributed by atoms with Gasteiger partial charge >= 0.3 is 0 Å². The van der Waals surface area contributed by atoms with Gasteiger partial charge in [0.2, 0.25) is 0 Å². The molecule has 0 amide bonds. The monoisotopic (exact) mass is 209 g/mol. The zero-order valence-electron chi connectivity index (χ0n) is 10.8. The summed E-state index contributed by atoms with van der Waals surface area (Å²) in [4.78, 5) is 0. The maximum atomic E-state index is 4.07. The first kappa shape index (κ1) is 13.9. The molecule has 0 aromatic carbocycles. The second kappa shape index (κ2) is 5.10. The Bertz CT molecular complexity index is 251. The van der Waals surface area contributed by atoms with E-state index in [2.05, 4.69) is 64.5 Å². The van der Waals surface area contributed by atoms with Crippen molar-refractivity contribution in [3.63, 3.8) is 0 Å². The van der Waals surface area contributed by atoms with Gasteiger partial charge in [0.05, 0.1) is 5.54 Å². The average Bonchev–Trinajstić information content (AvgIpc) is 1.99. The van der Waals surface area contributed by atoms with E-state index in [0.717, 1.165) is 0 Å². The Hall–Kier alpha value is -1.12. The third kappa shape index (κ3) is 6.89. The predicted molar refractivity (Wildman–Crippen MR) is 65.2 cm³/mol. The Morgan fingerprint density at radius 3 is 1.93 bits per heavy atom. The standard InChI is InChI=1S/C12H23N3/c1-8-13-14-15(12(5,6)7)10-9-11(2,3)4/h8-10H,1H2,2-7H3/b10-9+,14-13?. The highest BCUT2D eigenvalue weighted by molar-refractivity contribution is 4.94. The van der Waals surface area contributed by atoms with E-state index in [-0.39, 0.29) is 11.0 Å². The van der Waals surface area contributed by atoms with Crippen LogP contribution >= 0.6 is 0 Å². The van der Waals surface area contributed by atoms with Crippen molar-refractivity contribution < 1.29 is 0 Å². The van der Waals surface area contributed by atoms with Crippen LogP contribution in [-0.2, 0) is 0 Å². The van der Waals surface area contributed by atoms with Crippen molar-refractivity contribution in [1.82, 2.24) is 5.01 Å². The van der Waals surface area contributed by atoms with Gasteiger partial charge < -0.3 is 0 Å². The van der Waals surface area contributed by atoms with Crippen LogP contribution in [0.2, 0.25) is 0 Å². The van der Waals surface area contributed by atoms with E-state index < -0.39 is 0 Å². The molecule has 0 radical (unpaired) electrons. The van der Waals surface area contributed by atoms with Crippen LogP contribution in [0.25, 0.3) is 0 Å². The van der Waals surface area contributed by atoms with Crippen LogP contribution in [0.1, 0.15) is 41.5 Å². The minimum absolute atomic E-state index is 0.0751. The van der Waals surface area contributed by atoms with E-state index in [9.17, 15) is 0 Å². The summed E-state index contributed by atoms with van der Waals surface area (Å²) in [7, 11) is 0. The minimum Gasteiger partial charge on any atom is -0.249 e. The first-order valence-corrected chi connectivity index (χ1v) is 5.17. The molecule has 0 unspecified atom stereocenters. The van der Waals surface area contributed by atoms with Crippen LogP contribution in [0.4, 0.5) is 0 Å². The molecule has 0 aliphatic heterocycles. The van der Waals surface area contributed by atoms with Crippen molar-refractivity contribution in [2.24, 2.45) is 15.8 Å². The lowest BCUT2D eigenvalue weighted by Gasteiger charge is -2.29. The quantitative estimate of drug-likeness (QED) is 0.506. The molecule has 0 aliphatic carbocycles. The second-order valence-electron chi connectivity index (χ2n) is 5.58. The highest BCUT2D eigenvalue weighted by Crippen LogP contribution is 2.19. The van der Waals surface area contributed by atoms with Crippen molar-refractivity contribution in [1.29, 1.82) is 0 Å². The third-order valence-electron chi connectivity index (χ3n) is 1.63. The van der Waals surface area contributed by atoms with Crippen LogP contribution < -0.4 is 0 Å². The van der Waals surface area contributed by atoms with Crippen LogP contribution in [-0.4, -0.2) is 10.5 Å². The molecule has 3 nitrogen and oxygen atoms in total. The van der Waals surface area contributed by atoms with E-state index in [4.69, 9.17) is 0 Å². The van der Waals surface area contributed by atoms with Gasteiger partial charge in [-0.25, -0.2) is 5.01 Å². The van der Waals surface area contributed by atoms with Gasteiger partial charge in [0, 0.05) is 12.4 Å². The van der Waals surface area contributed by atoms with E-state index in [0.29, 0.717) is 0 Å². The predicted octanol–water partition coefficient (Wildman–Crippen LogP) is 4.16. The Labute approximate surface area is 93.6 Å². The molecule has 15 heavy (non-hydrogen) atoms. The van der Waals surface area contributed by atoms with Gasteiger partial charge in [0.15, 0.2) is 0 Å². The molecule has 0 spiro atoms. The van der Waals surface area contributed by atoms with Crippen LogP contribution in [0, 0.1) is 5.41 Å². The van der Waals surface area contributed by atoms with E-state index in [1.54, 1.807) is 0 Å². The van der Waals surface area contributed by atoms with Crippen LogP contribution in [0.15, 0.2) is 35.4 Å². The van der Waals surface area contributed by atoms with E-state index in [1.807, 2.05) is 11.2 Å². The van der Waals surface area contributed by atoms with Crippen molar-refractivity contribution in [2.75, 3.05) is 0 Å². The molecular weight excluding hydrogens is 186 g/mol. The molecule has 0 aromatic heterocycles. The van der Waals surface area contributed by atoms with Crippen molar-refractivity contribution >= 4 is 0 Å². The van der Waals surface area contributed by atoms with Gasteiger partial charge in [-0.2, -0.15) is 0 Å². The fraction of sp³-hybridized carbons (Fsp3) is 0.667. The summed E-state index contributed by atoms with van der Waals surface area (Å²) in [6.45, 7) is 16.2.